The number of aliphatic imine (C=N–C) groups is 1. The zero-order chi connectivity index (χ0) is 23.7. The summed E-state index contributed by atoms with van der Waals surface area (Å²) in [5.74, 6) is 1.56. The van der Waals surface area contributed by atoms with E-state index < -0.39 is 0 Å². The topological polar surface area (TPSA) is 50.2 Å². The lowest BCUT2D eigenvalue weighted by Gasteiger charge is -2.16. The van der Waals surface area contributed by atoms with E-state index in [-0.39, 0.29) is 11.9 Å². The number of rotatable bonds is 6. The van der Waals surface area contributed by atoms with Crippen molar-refractivity contribution in [1.29, 1.82) is 0 Å². The van der Waals surface area contributed by atoms with Crippen LogP contribution in [0.3, 0.4) is 0 Å². The Bertz CT molecular complexity index is 1380. The maximum atomic E-state index is 14.9. The van der Waals surface area contributed by atoms with Crippen LogP contribution in [0.5, 0.6) is 0 Å². The van der Waals surface area contributed by atoms with Crippen molar-refractivity contribution in [3.05, 3.63) is 89.2 Å². The molecule has 0 bridgehead atoms. The summed E-state index contributed by atoms with van der Waals surface area (Å²) in [4.78, 5) is 14.7. The molecule has 34 heavy (non-hydrogen) atoms. The minimum absolute atomic E-state index is 0.0599. The van der Waals surface area contributed by atoms with Gasteiger partial charge in [-0.1, -0.05) is 91.4 Å². The van der Waals surface area contributed by atoms with Gasteiger partial charge in [-0.15, -0.1) is 0 Å². The Labute approximate surface area is 212 Å². The molecule has 3 aromatic carbocycles. The van der Waals surface area contributed by atoms with E-state index in [0.29, 0.717) is 27.0 Å². The average Bonchev–Trinajstić information content (AvgIpc) is 3.22. The fraction of sp³-hybridized carbons (Fsp3) is 0.250. The van der Waals surface area contributed by atoms with Gasteiger partial charge in [0.15, 0.2) is 5.82 Å². The van der Waals surface area contributed by atoms with Gasteiger partial charge < -0.3 is 5.32 Å². The molecule has 1 aliphatic heterocycles. The van der Waals surface area contributed by atoms with E-state index in [9.17, 15) is 4.39 Å². The van der Waals surface area contributed by atoms with Crippen LogP contribution >= 0.6 is 22.6 Å². The van der Waals surface area contributed by atoms with Crippen molar-refractivity contribution in [3.8, 4) is 11.4 Å². The van der Waals surface area contributed by atoms with Crippen LogP contribution in [0.4, 0.5) is 10.2 Å². The third-order valence-electron chi connectivity index (χ3n) is 6.23. The van der Waals surface area contributed by atoms with Gasteiger partial charge in [0.25, 0.3) is 0 Å². The van der Waals surface area contributed by atoms with Crippen molar-refractivity contribution >= 4 is 45.1 Å². The molecular formula is C28H26FIN4. The van der Waals surface area contributed by atoms with Crippen molar-refractivity contribution in [2.45, 2.75) is 43.1 Å². The molecule has 0 saturated carbocycles. The molecule has 0 spiro atoms. The van der Waals surface area contributed by atoms with Crippen LogP contribution in [-0.2, 0) is 0 Å². The summed E-state index contributed by atoms with van der Waals surface area (Å²) in [7, 11) is 0. The quantitative estimate of drug-likeness (QED) is 0.191. The van der Waals surface area contributed by atoms with E-state index in [4.69, 9.17) is 15.0 Å². The molecule has 6 heteroatoms. The number of halogens is 2. The molecule has 1 aliphatic rings. The Morgan fingerprint density at radius 3 is 2.59 bits per heavy atom. The van der Waals surface area contributed by atoms with E-state index in [1.807, 2.05) is 36.4 Å². The van der Waals surface area contributed by atoms with E-state index in [1.54, 1.807) is 6.07 Å². The standard InChI is InChI=1S/C28H26FIN4/c1-3-10-22(30)17-11-5-6-12-18(17)26-32-24-16-8-7-13-20(24)27(33-26)34-28-25-19(23(4-2)31-28)14-9-15-21(25)29/h5-9,11-16,22-23H,3-4,10H2,1-2H3,(H,31,32,33,34). The SMILES string of the molecule is CCCC(I)c1ccccc1-c1nc(NC2=NC(CC)c3cccc(F)c32)c2ccccc2n1. The number of aromatic nitrogens is 2. The number of anilines is 1. The lowest BCUT2D eigenvalue weighted by atomic mass is 10.0. The van der Waals surface area contributed by atoms with E-state index >= 15 is 0 Å². The normalized spacial score (nSPS) is 15.8. The van der Waals surface area contributed by atoms with Gasteiger partial charge in [-0.05, 0) is 42.2 Å². The molecule has 4 aromatic rings. The van der Waals surface area contributed by atoms with Gasteiger partial charge in [0, 0.05) is 14.9 Å². The lowest BCUT2D eigenvalue weighted by molar-refractivity contribution is 0.620. The number of fused-ring (bicyclic) bond motifs is 2. The second-order valence-electron chi connectivity index (χ2n) is 8.49. The highest BCUT2D eigenvalue weighted by Gasteiger charge is 2.28. The van der Waals surface area contributed by atoms with Gasteiger partial charge in [0.05, 0.1) is 17.1 Å². The fourth-order valence-corrected chi connectivity index (χ4v) is 5.72. The first-order chi connectivity index (χ1) is 16.6. The van der Waals surface area contributed by atoms with Gasteiger partial charge in [0.2, 0.25) is 0 Å². The third kappa shape index (κ3) is 4.19. The van der Waals surface area contributed by atoms with E-state index in [0.717, 1.165) is 41.3 Å². The van der Waals surface area contributed by atoms with Crippen molar-refractivity contribution < 1.29 is 4.39 Å². The average molecular weight is 564 g/mol. The molecule has 0 fully saturated rings. The smallest absolute Gasteiger partial charge is 0.162 e. The highest BCUT2D eigenvalue weighted by atomic mass is 127. The van der Waals surface area contributed by atoms with E-state index in [2.05, 4.69) is 60.0 Å². The predicted molar refractivity (Wildman–Crippen MR) is 146 cm³/mol. The van der Waals surface area contributed by atoms with Gasteiger partial charge in [-0.2, -0.15) is 0 Å². The zero-order valence-electron chi connectivity index (χ0n) is 19.2. The van der Waals surface area contributed by atoms with Gasteiger partial charge in [-0.3, -0.25) is 4.99 Å². The number of hydrogen-bond donors (Lipinski definition) is 1. The number of nitrogens with zero attached hydrogens (tertiary/aromatic N) is 3. The molecule has 1 N–H and O–H groups in total. The van der Waals surface area contributed by atoms with Crippen molar-refractivity contribution in [2.24, 2.45) is 4.99 Å². The lowest BCUT2D eigenvalue weighted by Crippen LogP contribution is -2.15. The first kappa shape index (κ1) is 22.9. The predicted octanol–water partition coefficient (Wildman–Crippen LogP) is 8.04. The van der Waals surface area contributed by atoms with Crippen molar-refractivity contribution in [2.75, 3.05) is 5.32 Å². The zero-order valence-corrected chi connectivity index (χ0v) is 21.4. The van der Waals surface area contributed by atoms with Crippen molar-refractivity contribution in [3.63, 3.8) is 0 Å². The molecule has 5 rings (SSSR count). The minimum atomic E-state index is -0.268. The third-order valence-corrected chi connectivity index (χ3v) is 7.53. The van der Waals surface area contributed by atoms with Crippen LogP contribution in [0.1, 0.15) is 59.8 Å². The highest BCUT2D eigenvalue weighted by Crippen LogP contribution is 2.37. The van der Waals surface area contributed by atoms with Crippen LogP contribution in [0.2, 0.25) is 0 Å². The summed E-state index contributed by atoms with van der Waals surface area (Å²) in [5.41, 5.74) is 4.54. The molecule has 172 valence electrons. The molecular weight excluding hydrogens is 538 g/mol. The number of para-hydroxylation sites is 1. The Morgan fingerprint density at radius 2 is 1.76 bits per heavy atom. The van der Waals surface area contributed by atoms with Gasteiger partial charge >= 0.3 is 0 Å². The molecule has 0 aliphatic carbocycles. The number of amidine groups is 1. The van der Waals surface area contributed by atoms with Crippen molar-refractivity contribution in [1.82, 2.24) is 9.97 Å². The van der Waals surface area contributed by atoms with Crippen LogP contribution in [0.25, 0.3) is 22.3 Å². The highest BCUT2D eigenvalue weighted by molar-refractivity contribution is 14.1. The fourth-order valence-electron chi connectivity index (χ4n) is 4.55. The Balaban J connectivity index is 1.64. The van der Waals surface area contributed by atoms with Gasteiger partial charge in [-0.25, -0.2) is 14.4 Å². The summed E-state index contributed by atoms with van der Waals surface area (Å²) >= 11 is 2.51. The number of hydrogen-bond acceptors (Lipinski definition) is 4. The second kappa shape index (κ2) is 9.78. The molecule has 2 heterocycles. The summed E-state index contributed by atoms with van der Waals surface area (Å²) in [6.07, 6.45) is 3.00. The van der Waals surface area contributed by atoms with Gasteiger partial charge in [0.1, 0.15) is 17.5 Å². The Hall–Kier alpha value is -2.87. The number of nitrogens with one attached hydrogen (secondary N) is 1. The maximum absolute atomic E-state index is 14.9. The summed E-state index contributed by atoms with van der Waals surface area (Å²) in [6, 6.07) is 21.4. The van der Waals surface area contributed by atoms with Crippen LogP contribution in [0, 0.1) is 5.82 Å². The maximum Gasteiger partial charge on any atom is 0.162 e. The Morgan fingerprint density at radius 1 is 0.971 bits per heavy atom. The largest absolute Gasteiger partial charge is 0.324 e. The molecule has 1 aromatic heterocycles. The molecule has 2 unspecified atom stereocenters. The molecule has 4 nitrogen and oxygen atoms in total. The first-order valence-corrected chi connectivity index (χ1v) is 13.0. The molecule has 2 atom stereocenters. The van der Waals surface area contributed by atoms with E-state index in [1.165, 1.54) is 11.6 Å². The second-order valence-corrected chi connectivity index (χ2v) is 9.99. The molecule has 0 saturated heterocycles. The monoisotopic (exact) mass is 564 g/mol. The van der Waals surface area contributed by atoms with Crippen LogP contribution < -0.4 is 5.32 Å². The number of benzene rings is 3. The summed E-state index contributed by atoms with van der Waals surface area (Å²) < 4.78 is 15.2. The number of alkyl halides is 1. The summed E-state index contributed by atoms with van der Waals surface area (Å²) in [5, 5.41) is 4.26. The van der Waals surface area contributed by atoms with Crippen LogP contribution in [-0.4, -0.2) is 15.8 Å². The minimum Gasteiger partial charge on any atom is -0.324 e. The molecule has 0 radical (unpaired) electrons. The Kier molecular flexibility index (Phi) is 6.59. The first-order valence-electron chi connectivity index (χ1n) is 11.7. The van der Waals surface area contributed by atoms with Crippen LogP contribution in [0.15, 0.2) is 71.7 Å². The summed E-state index contributed by atoms with van der Waals surface area (Å²) in [6.45, 7) is 4.27. The molecule has 0 amide bonds.